The predicted molar refractivity (Wildman–Crippen MR) is 27.9 cm³/mol. The zero-order chi connectivity index (χ0) is 6.57. The number of alkyl halides is 2. The van der Waals surface area contributed by atoms with E-state index in [1.165, 1.54) is 0 Å². The minimum absolute atomic E-state index is 0.0491. The first-order chi connectivity index (χ1) is 3.68. The van der Waals surface area contributed by atoms with Gasteiger partial charge in [-0.2, -0.15) is 0 Å². The van der Waals surface area contributed by atoms with Gasteiger partial charge >= 0.3 is 5.97 Å². The fourth-order valence-corrected chi connectivity index (χ4v) is 0.411. The number of aliphatic carboxylic acids is 1. The first kappa shape index (κ1) is 7.69. The molecule has 0 aliphatic rings. The molecule has 0 bridgehead atoms. The van der Waals surface area contributed by atoms with Crippen molar-refractivity contribution in [2.24, 2.45) is 0 Å². The second kappa shape index (κ2) is 3.66. The summed E-state index contributed by atoms with van der Waals surface area (Å²) < 4.78 is 11.8. The smallest absolute Gasteiger partial charge is 0.338 e. The Bertz CT molecular complexity index is 86.1. The van der Waals surface area contributed by atoms with Crippen molar-refractivity contribution in [1.29, 1.82) is 0 Å². The van der Waals surface area contributed by atoms with E-state index in [1.807, 2.05) is 0 Å². The molecular weight excluding hydrogens is 134 g/mol. The molecule has 0 fully saturated rings. The van der Waals surface area contributed by atoms with E-state index in [0.717, 1.165) is 0 Å². The second-order valence-corrected chi connectivity index (χ2v) is 1.66. The van der Waals surface area contributed by atoms with Gasteiger partial charge in [0.25, 0.3) is 0 Å². The van der Waals surface area contributed by atoms with Crippen LogP contribution in [0.2, 0.25) is 0 Å². The molecule has 8 heavy (non-hydrogen) atoms. The van der Waals surface area contributed by atoms with E-state index < -0.39 is 12.1 Å². The minimum atomic E-state index is -1.80. The Labute approximate surface area is 51.3 Å². The van der Waals surface area contributed by atoms with Crippen LogP contribution < -0.4 is 0 Å². The van der Waals surface area contributed by atoms with Crippen molar-refractivity contribution >= 4 is 17.6 Å². The predicted octanol–water partition coefficient (Wildman–Crippen LogP) is 1.04. The van der Waals surface area contributed by atoms with Crippen LogP contribution in [0.5, 0.6) is 0 Å². The Balaban J connectivity index is 3.32. The second-order valence-electron chi connectivity index (χ2n) is 1.28. The quantitative estimate of drug-likeness (QED) is 0.595. The third-order valence-electron chi connectivity index (χ3n) is 0.631. The maximum Gasteiger partial charge on any atom is 0.338 e. The van der Waals surface area contributed by atoms with Crippen LogP contribution in [0.4, 0.5) is 4.39 Å². The standard InChI is InChI=1S/C4H6ClFO2/c5-2-1-3(6)4(7)8/h3H,1-2H2,(H,7,8). The van der Waals surface area contributed by atoms with Gasteiger partial charge in [-0.15, -0.1) is 11.6 Å². The lowest BCUT2D eigenvalue weighted by molar-refractivity contribution is -0.142. The summed E-state index contributed by atoms with van der Waals surface area (Å²) in [5.74, 6) is -1.39. The number of carboxylic acid groups (broad SMARTS) is 1. The Morgan fingerprint density at radius 3 is 2.50 bits per heavy atom. The van der Waals surface area contributed by atoms with Gasteiger partial charge < -0.3 is 5.11 Å². The van der Waals surface area contributed by atoms with E-state index >= 15 is 0 Å². The third-order valence-corrected chi connectivity index (χ3v) is 0.849. The molecule has 0 saturated heterocycles. The molecule has 0 aromatic carbocycles. The van der Waals surface area contributed by atoms with Crippen LogP contribution in [0.15, 0.2) is 0 Å². The molecule has 1 N–H and O–H groups in total. The molecule has 0 aromatic heterocycles. The molecular formula is C4H6ClFO2. The van der Waals surface area contributed by atoms with Gasteiger partial charge in [0.05, 0.1) is 0 Å². The number of rotatable bonds is 3. The summed E-state index contributed by atoms with van der Waals surface area (Å²) >= 11 is 5.04. The Morgan fingerprint density at radius 2 is 2.38 bits per heavy atom. The van der Waals surface area contributed by atoms with E-state index in [9.17, 15) is 9.18 Å². The fourth-order valence-electron chi connectivity index (χ4n) is 0.219. The summed E-state index contributed by atoms with van der Waals surface area (Å²) in [5.41, 5.74) is 0. The summed E-state index contributed by atoms with van der Waals surface area (Å²) in [6.07, 6.45) is -1.91. The first-order valence-corrected chi connectivity index (χ1v) is 2.64. The van der Waals surface area contributed by atoms with Crippen LogP contribution in [0.1, 0.15) is 6.42 Å². The molecule has 0 radical (unpaired) electrons. The van der Waals surface area contributed by atoms with Crippen molar-refractivity contribution in [1.82, 2.24) is 0 Å². The van der Waals surface area contributed by atoms with Gasteiger partial charge in [0, 0.05) is 12.3 Å². The van der Waals surface area contributed by atoms with Crippen molar-refractivity contribution in [3.8, 4) is 0 Å². The van der Waals surface area contributed by atoms with Crippen molar-refractivity contribution < 1.29 is 14.3 Å². The highest BCUT2D eigenvalue weighted by Crippen LogP contribution is 1.98. The van der Waals surface area contributed by atoms with Crippen LogP contribution in [0, 0.1) is 0 Å². The fraction of sp³-hybridized carbons (Fsp3) is 0.750. The molecule has 0 rings (SSSR count). The maximum absolute atomic E-state index is 11.8. The molecule has 0 spiro atoms. The largest absolute Gasteiger partial charge is 0.479 e. The molecule has 0 aliphatic heterocycles. The molecule has 0 amide bonds. The lowest BCUT2D eigenvalue weighted by Gasteiger charge is -1.95. The van der Waals surface area contributed by atoms with Crippen molar-refractivity contribution in [3.63, 3.8) is 0 Å². The zero-order valence-corrected chi connectivity index (χ0v) is 4.86. The molecule has 1 unspecified atom stereocenters. The average molecular weight is 141 g/mol. The number of halogens is 2. The van der Waals surface area contributed by atoms with Gasteiger partial charge in [-0.25, -0.2) is 9.18 Å². The van der Waals surface area contributed by atoms with Crippen LogP contribution in [-0.2, 0) is 4.79 Å². The minimum Gasteiger partial charge on any atom is -0.479 e. The lowest BCUT2D eigenvalue weighted by atomic mass is 10.3. The SMILES string of the molecule is O=C(O)C(F)CCCl. The van der Waals surface area contributed by atoms with Gasteiger partial charge in [0.2, 0.25) is 0 Å². The molecule has 2 nitrogen and oxygen atoms in total. The summed E-state index contributed by atoms with van der Waals surface area (Å²) in [6, 6.07) is 0. The lowest BCUT2D eigenvalue weighted by Crippen LogP contribution is -2.14. The molecule has 1 atom stereocenters. The van der Waals surface area contributed by atoms with Crippen molar-refractivity contribution in [2.75, 3.05) is 5.88 Å². The van der Waals surface area contributed by atoms with E-state index in [0.29, 0.717) is 0 Å². The van der Waals surface area contributed by atoms with Crippen molar-refractivity contribution in [3.05, 3.63) is 0 Å². The summed E-state index contributed by atoms with van der Waals surface area (Å²) in [7, 11) is 0. The molecule has 0 heterocycles. The summed E-state index contributed by atoms with van der Waals surface area (Å²) in [6.45, 7) is 0. The first-order valence-electron chi connectivity index (χ1n) is 2.11. The maximum atomic E-state index is 11.8. The highest BCUT2D eigenvalue weighted by Gasteiger charge is 2.13. The highest BCUT2D eigenvalue weighted by atomic mass is 35.5. The van der Waals surface area contributed by atoms with Gasteiger partial charge in [-0.05, 0) is 0 Å². The van der Waals surface area contributed by atoms with Crippen LogP contribution in [0.25, 0.3) is 0 Å². The Morgan fingerprint density at radius 1 is 1.88 bits per heavy atom. The van der Waals surface area contributed by atoms with Crippen LogP contribution in [-0.4, -0.2) is 23.1 Å². The number of carboxylic acids is 1. The van der Waals surface area contributed by atoms with Gasteiger partial charge in [0.1, 0.15) is 0 Å². The van der Waals surface area contributed by atoms with Crippen LogP contribution in [0.3, 0.4) is 0 Å². The third kappa shape index (κ3) is 2.80. The monoisotopic (exact) mass is 140 g/mol. The molecule has 0 saturated carbocycles. The van der Waals surface area contributed by atoms with Gasteiger partial charge in [-0.3, -0.25) is 0 Å². The zero-order valence-electron chi connectivity index (χ0n) is 4.10. The number of hydrogen-bond acceptors (Lipinski definition) is 1. The molecule has 0 aliphatic carbocycles. The summed E-state index contributed by atoms with van der Waals surface area (Å²) in [4.78, 5) is 9.66. The molecule has 48 valence electrons. The normalized spacial score (nSPS) is 13.2. The topological polar surface area (TPSA) is 37.3 Å². The number of hydrogen-bond donors (Lipinski definition) is 1. The Hall–Kier alpha value is -0.310. The highest BCUT2D eigenvalue weighted by molar-refractivity contribution is 6.18. The van der Waals surface area contributed by atoms with E-state index in [1.54, 1.807) is 0 Å². The van der Waals surface area contributed by atoms with Crippen LogP contribution >= 0.6 is 11.6 Å². The van der Waals surface area contributed by atoms with E-state index in [2.05, 4.69) is 0 Å². The van der Waals surface area contributed by atoms with Gasteiger partial charge in [-0.1, -0.05) is 0 Å². The van der Waals surface area contributed by atoms with E-state index in [4.69, 9.17) is 16.7 Å². The molecule has 0 aromatic rings. The van der Waals surface area contributed by atoms with Gasteiger partial charge in [0.15, 0.2) is 6.17 Å². The van der Waals surface area contributed by atoms with E-state index in [-0.39, 0.29) is 12.3 Å². The Kier molecular flexibility index (Phi) is 3.52. The molecule has 4 heteroatoms. The summed E-state index contributed by atoms with van der Waals surface area (Å²) in [5, 5.41) is 7.88. The average Bonchev–Trinajstić information content (AvgIpc) is 1.67. The van der Waals surface area contributed by atoms with Crippen molar-refractivity contribution in [2.45, 2.75) is 12.6 Å². The number of carbonyl (C=O) groups is 1.